The molecule has 6 heteroatoms. The van der Waals surface area contributed by atoms with Crippen molar-refractivity contribution in [3.05, 3.63) is 34.4 Å². The Hall–Kier alpha value is -2.03. The lowest BCUT2D eigenvalue weighted by atomic mass is 10.1. The zero-order chi connectivity index (χ0) is 17.5. The summed E-state index contributed by atoms with van der Waals surface area (Å²) in [6, 6.07) is 7.08. The maximum Gasteiger partial charge on any atom is 0.262 e. The van der Waals surface area contributed by atoms with Crippen LogP contribution in [0, 0.1) is 11.3 Å². The third kappa shape index (κ3) is 5.26. The number of rotatable bonds is 6. The van der Waals surface area contributed by atoms with Crippen LogP contribution >= 0.6 is 11.6 Å². The number of hydrogen-bond donors (Lipinski definition) is 1. The molecule has 1 aromatic rings. The molecule has 0 bridgehead atoms. The molecule has 5 nitrogen and oxygen atoms in total. The molecule has 1 heterocycles. The van der Waals surface area contributed by atoms with Crippen molar-refractivity contribution in [1.82, 2.24) is 5.32 Å². The molecule has 24 heavy (non-hydrogen) atoms. The fourth-order valence-corrected chi connectivity index (χ4v) is 2.61. The van der Waals surface area contributed by atoms with E-state index in [9.17, 15) is 10.1 Å². The fraction of sp³-hybridized carbons (Fsp3) is 0.444. The molecule has 1 atom stereocenters. The first-order valence-electron chi connectivity index (χ1n) is 7.97. The van der Waals surface area contributed by atoms with Gasteiger partial charge in [-0.1, -0.05) is 17.7 Å². The second-order valence-corrected chi connectivity index (χ2v) is 6.28. The number of ether oxygens (including phenoxy) is 2. The van der Waals surface area contributed by atoms with Crippen LogP contribution in [0.2, 0.25) is 5.02 Å². The van der Waals surface area contributed by atoms with Gasteiger partial charge in [0.15, 0.2) is 0 Å². The summed E-state index contributed by atoms with van der Waals surface area (Å²) in [5, 5.41) is 12.4. The molecule has 0 spiro atoms. The number of halogens is 1. The monoisotopic (exact) mass is 348 g/mol. The molecule has 1 unspecified atom stereocenters. The fourth-order valence-electron chi connectivity index (χ4n) is 2.38. The maximum absolute atomic E-state index is 12.1. The molecule has 0 saturated carbocycles. The summed E-state index contributed by atoms with van der Waals surface area (Å²) >= 11 is 6.17. The van der Waals surface area contributed by atoms with E-state index in [1.54, 1.807) is 18.2 Å². The molecule has 128 valence electrons. The van der Waals surface area contributed by atoms with Crippen molar-refractivity contribution in [2.45, 2.75) is 38.9 Å². The van der Waals surface area contributed by atoms with E-state index in [0.717, 1.165) is 19.4 Å². The van der Waals surface area contributed by atoms with Gasteiger partial charge in [0.1, 0.15) is 17.4 Å². The van der Waals surface area contributed by atoms with Crippen molar-refractivity contribution in [2.24, 2.45) is 0 Å². The van der Waals surface area contributed by atoms with Gasteiger partial charge in [-0.25, -0.2) is 0 Å². The first-order chi connectivity index (χ1) is 11.5. The highest BCUT2D eigenvalue weighted by molar-refractivity contribution is 6.32. The van der Waals surface area contributed by atoms with Crippen LogP contribution < -0.4 is 10.1 Å². The molecule has 1 aromatic carbocycles. The standard InChI is InChI=1S/C18H21ClN2O3/c1-12(2)24-17-6-5-13(9-16(17)19)8-14(10-20)18(22)21-11-15-4-3-7-23-15/h5-6,8-9,12,15H,3-4,7,11H2,1-2H3,(H,21,22). The molecule has 1 N–H and O–H groups in total. The molecule has 0 radical (unpaired) electrons. The van der Waals surface area contributed by atoms with E-state index in [0.29, 0.717) is 22.9 Å². The zero-order valence-electron chi connectivity index (χ0n) is 13.8. The largest absolute Gasteiger partial charge is 0.489 e. The summed E-state index contributed by atoms with van der Waals surface area (Å²) in [5.74, 6) is 0.164. The lowest BCUT2D eigenvalue weighted by Gasteiger charge is -2.12. The van der Waals surface area contributed by atoms with Gasteiger partial charge in [0.25, 0.3) is 5.91 Å². The van der Waals surface area contributed by atoms with Crippen molar-refractivity contribution in [3.8, 4) is 11.8 Å². The third-order valence-electron chi connectivity index (χ3n) is 3.51. The predicted molar refractivity (Wildman–Crippen MR) is 92.8 cm³/mol. The lowest BCUT2D eigenvalue weighted by molar-refractivity contribution is -0.117. The number of nitrogens with one attached hydrogen (secondary N) is 1. The highest BCUT2D eigenvalue weighted by atomic mass is 35.5. The van der Waals surface area contributed by atoms with Gasteiger partial charge < -0.3 is 14.8 Å². The van der Waals surface area contributed by atoms with Crippen molar-refractivity contribution in [3.63, 3.8) is 0 Å². The van der Waals surface area contributed by atoms with E-state index in [2.05, 4.69) is 5.32 Å². The predicted octanol–water partition coefficient (Wildman–Crippen LogP) is 3.33. The van der Waals surface area contributed by atoms with E-state index in [1.165, 1.54) is 6.08 Å². The minimum Gasteiger partial charge on any atom is -0.489 e. The number of nitrogens with zero attached hydrogens (tertiary/aromatic N) is 1. The molecule has 1 saturated heterocycles. The van der Waals surface area contributed by atoms with Crippen molar-refractivity contribution in [1.29, 1.82) is 5.26 Å². The summed E-state index contributed by atoms with van der Waals surface area (Å²) in [6.07, 6.45) is 3.50. The van der Waals surface area contributed by atoms with Crippen LogP contribution in [0.4, 0.5) is 0 Å². The van der Waals surface area contributed by atoms with E-state index in [4.69, 9.17) is 21.1 Å². The van der Waals surface area contributed by atoms with Gasteiger partial charge in [-0.3, -0.25) is 4.79 Å². The lowest BCUT2D eigenvalue weighted by Crippen LogP contribution is -2.32. The highest BCUT2D eigenvalue weighted by Crippen LogP contribution is 2.27. The summed E-state index contributed by atoms with van der Waals surface area (Å²) in [4.78, 5) is 12.1. The van der Waals surface area contributed by atoms with Crippen molar-refractivity contribution >= 4 is 23.6 Å². The van der Waals surface area contributed by atoms with Gasteiger partial charge in [0, 0.05) is 13.2 Å². The number of carbonyl (C=O) groups excluding carboxylic acids is 1. The summed E-state index contributed by atoms with van der Waals surface area (Å²) in [6.45, 7) is 4.97. The average Bonchev–Trinajstić information content (AvgIpc) is 3.06. The molecule has 2 rings (SSSR count). The summed E-state index contributed by atoms with van der Waals surface area (Å²) in [5.41, 5.74) is 0.696. The number of hydrogen-bond acceptors (Lipinski definition) is 4. The van der Waals surface area contributed by atoms with Gasteiger partial charge in [0.2, 0.25) is 0 Å². The summed E-state index contributed by atoms with van der Waals surface area (Å²) < 4.78 is 11.0. The molecule has 1 fully saturated rings. The number of benzene rings is 1. The molecule has 1 aliphatic rings. The van der Waals surface area contributed by atoms with Crippen LogP contribution in [0.3, 0.4) is 0 Å². The molecule has 1 amide bonds. The van der Waals surface area contributed by atoms with Gasteiger partial charge in [-0.05, 0) is 50.5 Å². The van der Waals surface area contributed by atoms with Gasteiger partial charge in [-0.2, -0.15) is 5.26 Å². The minimum atomic E-state index is -0.411. The molecular weight excluding hydrogens is 328 g/mol. The molecule has 1 aliphatic heterocycles. The first kappa shape index (κ1) is 18.3. The Bertz CT molecular complexity index is 659. The topological polar surface area (TPSA) is 71.3 Å². The summed E-state index contributed by atoms with van der Waals surface area (Å²) in [7, 11) is 0. The Morgan fingerprint density at radius 3 is 2.96 bits per heavy atom. The van der Waals surface area contributed by atoms with Crippen LogP contribution in [0.15, 0.2) is 23.8 Å². The van der Waals surface area contributed by atoms with Gasteiger partial charge in [0.05, 0.1) is 17.2 Å². The number of nitriles is 1. The Morgan fingerprint density at radius 1 is 1.58 bits per heavy atom. The van der Waals surface area contributed by atoms with Crippen LogP contribution in [-0.4, -0.2) is 31.3 Å². The minimum absolute atomic E-state index is 0.0159. The maximum atomic E-state index is 12.1. The smallest absolute Gasteiger partial charge is 0.262 e. The molecule has 0 aliphatic carbocycles. The SMILES string of the molecule is CC(C)Oc1ccc(C=C(C#N)C(=O)NCC2CCCO2)cc1Cl. The molecule has 0 aromatic heterocycles. The van der Waals surface area contributed by atoms with Crippen LogP contribution in [0.5, 0.6) is 5.75 Å². The Labute approximate surface area is 147 Å². The van der Waals surface area contributed by atoms with Gasteiger partial charge >= 0.3 is 0 Å². The average molecular weight is 349 g/mol. The van der Waals surface area contributed by atoms with Crippen LogP contribution in [0.1, 0.15) is 32.3 Å². The quantitative estimate of drug-likeness (QED) is 0.632. The second-order valence-electron chi connectivity index (χ2n) is 5.87. The van der Waals surface area contributed by atoms with Crippen LogP contribution in [0.25, 0.3) is 6.08 Å². The Morgan fingerprint density at radius 2 is 2.38 bits per heavy atom. The van der Waals surface area contributed by atoms with Gasteiger partial charge in [-0.15, -0.1) is 0 Å². The van der Waals surface area contributed by atoms with Crippen molar-refractivity contribution in [2.75, 3.05) is 13.2 Å². The van der Waals surface area contributed by atoms with E-state index < -0.39 is 5.91 Å². The Kier molecular flexibility index (Phi) is 6.65. The highest BCUT2D eigenvalue weighted by Gasteiger charge is 2.17. The normalized spacial score (nSPS) is 17.6. The van der Waals surface area contributed by atoms with E-state index in [-0.39, 0.29) is 17.8 Å². The molecular formula is C18H21ClN2O3. The number of carbonyl (C=O) groups is 1. The van der Waals surface area contributed by atoms with Crippen LogP contribution in [-0.2, 0) is 9.53 Å². The zero-order valence-corrected chi connectivity index (χ0v) is 14.6. The van der Waals surface area contributed by atoms with Crippen molar-refractivity contribution < 1.29 is 14.3 Å². The van der Waals surface area contributed by atoms with E-state index >= 15 is 0 Å². The van der Waals surface area contributed by atoms with E-state index in [1.807, 2.05) is 19.9 Å². The first-order valence-corrected chi connectivity index (χ1v) is 8.35. The second kappa shape index (κ2) is 8.72. The third-order valence-corrected chi connectivity index (χ3v) is 3.80. The number of amides is 1. The Balaban J connectivity index is 2.04.